The van der Waals surface area contributed by atoms with E-state index in [2.05, 4.69) is 227 Å². The number of anilines is 3. The second-order valence-corrected chi connectivity index (χ2v) is 16.6. The van der Waals surface area contributed by atoms with Gasteiger partial charge in [-0.25, -0.2) is 0 Å². The van der Waals surface area contributed by atoms with Crippen LogP contribution in [0.2, 0.25) is 0 Å². The van der Waals surface area contributed by atoms with Crippen molar-refractivity contribution in [1.82, 2.24) is 0 Å². The smallest absolute Gasteiger partial charge is 0.0465 e. The van der Waals surface area contributed by atoms with Crippen molar-refractivity contribution >= 4 is 17.1 Å². The van der Waals surface area contributed by atoms with Crippen molar-refractivity contribution in [3.63, 3.8) is 0 Å². The number of para-hydroxylation sites is 1. The Morgan fingerprint density at radius 3 is 1.34 bits per heavy atom. The number of hydrogen-bond donors (Lipinski definition) is 0. The first-order valence-electron chi connectivity index (χ1n) is 19.9. The SMILES string of the molecule is CC1(C)c2ccccc2-c2ccc(C(c3ccccc3)c3ccc(-c4ccc(N(c5ccccc5)c5ccc6c(c5)C(C)(C)c5ccccc5-6)cc4)cc3)cc21. The summed E-state index contributed by atoms with van der Waals surface area (Å²) in [4.78, 5) is 2.38. The molecule has 2 aliphatic carbocycles. The van der Waals surface area contributed by atoms with Gasteiger partial charge in [-0.3, -0.25) is 0 Å². The Balaban J connectivity index is 0.983. The summed E-state index contributed by atoms with van der Waals surface area (Å²) in [5.74, 6) is 0.127. The van der Waals surface area contributed by atoms with E-state index in [9.17, 15) is 0 Å². The fourth-order valence-electron chi connectivity index (χ4n) is 9.65. The number of benzene rings is 8. The fraction of sp³-hybridized carbons (Fsp3) is 0.127. The Bertz CT molecular complexity index is 2530. The molecule has 0 radical (unpaired) electrons. The fourth-order valence-corrected chi connectivity index (χ4v) is 9.65. The van der Waals surface area contributed by atoms with E-state index in [0.29, 0.717) is 0 Å². The lowest BCUT2D eigenvalue weighted by molar-refractivity contribution is 0.659. The van der Waals surface area contributed by atoms with E-state index in [1.807, 2.05) is 0 Å². The topological polar surface area (TPSA) is 3.24 Å². The van der Waals surface area contributed by atoms with Gasteiger partial charge in [0.15, 0.2) is 0 Å². The molecule has 0 heterocycles. The van der Waals surface area contributed by atoms with Gasteiger partial charge in [0.25, 0.3) is 0 Å². The highest BCUT2D eigenvalue weighted by Crippen LogP contribution is 2.52. The van der Waals surface area contributed by atoms with Crippen molar-refractivity contribution in [2.45, 2.75) is 44.4 Å². The van der Waals surface area contributed by atoms with Crippen LogP contribution in [0.15, 0.2) is 194 Å². The molecular weight excluding hydrogens is 675 g/mol. The van der Waals surface area contributed by atoms with E-state index in [-0.39, 0.29) is 16.7 Å². The van der Waals surface area contributed by atoms with Gasteiger partial charge in [0.1, 0.15) is 0 Å². The predicted octanol–water partition coefficient (Wildman–Crippen LogP) is 14.6. The molecule has 0 saturated heterocycles. The molecule has 8 aromatic rings. The van der Waals surface area contributed by atoms with E-state index in [4.69, 9.17) is 0 Å². The van der Waals surface area contributed by atoms with Crippen LogP contribution >= 0.6 is 0 Å². The third-order valence-corrected chi connectivity index (χ3v) is 12.6. The third-order valence-electron chi connectivity index (χ3n) is 12.6. The summed E-state index contributed by atoms with van der Waals surface area (Å²) in [6.45, 7) is 9.43. The maximum Gasteiger partial charge on any atom is 0.0465 e. The van der Waals surface area contributed by atoms with Crippen molar-refractivity contribution in [1.29, 1.82) is 0 Å². The van der Waals surface area contributed by atoms with Crippen LogP contribution in [0, 0.1) is 0 Å². The maximum absolute atomic E-state index is 2.47. The first-order chi connectivity index (χ1) is 27.3. The number of hydrogen-bond acceptors (Lipinski definition) is 1. The third kappa shape index (κ3) is 5.45. The minimum atomic E-state index is -0.0666. The lowest BCUT2D eigenvalue weighted by Crippen LogP contribution is -2.16. The molecule has 10 rings (SSSR count). The molecule has 0 aliphatic heterocycles. The Kier molecular flexibility index (Phi) is 7.97. The predicted molar refractivity (Wildman–Crippen MR) is 236 cm³/mol. The zero-order valence-electron chi connectivity index (χ0n) is 32.5. The van der Waals surface area contributed by atoms with Gasteiger partial charge in [-0.1, -0.05) is 185 Å². The van der Waals surface area contributed by atoms with Crippen LogP contribution in [0.5, 0.6) is 0 Å². The Labute approximate surface area is 331 Å². The highest BCUT2D eigenvalue weighted by molar-refractivity contribution is 5.86. The van der Waals surface area contributed by atoms with Crippen LogP contribution in [0.1, 0.15) is 72.6 Å². The largest absolute Gasteiger partial charge is 0.310 e. The monoisotopic (exact) mass is 719 g/mol. The average molecular weight is 720 g/mol. The number of rotatable bonds is 7. The Morgan fingerprint density at radius 2 is 0.732 bits per heavy atom. The molecule has 1 unspecified atom stereocenters. The van der Waals surface area contributed by atoms with Crippen molar-refractivity contribution in [2.24, 2.45) is 0 Å². The van der Waals surface area contributed by atoms with Crippen LogP contribution in [0.25, 0.3) is 33.4 Å². The van der Waals surface area contributed by atoms with Gasteiger partial charge in [0.05, 0.1) is 0 Å². The normalized spacial score (nSPS) is 14.6. The van der Waals surface area contributed by atoms with E-state index in [1.54, 1.807) is 0 Å². The van der Waals surface area contributed by atoms with E-state index < -0.39 is 0 Å². The molecule has 1 atom stereocenters. The van der Waals surface area contributed by atoms with Crippen molar-refractivity contribution in [3.8, 4) is 33.4 Å². The molecule has 0 saturated carbocycles. The average Bonchev–Trinajstić information content (AvgIpc) is 3.61. The Hall–Kier alpha value is -6.44. The summed E-state index contributed by atoms with van der Waals surface area (Å²) >= 11 is 0. The second-order valence-electron chi connectivity index (χ2n) is 16.6. The van der Waals surface area contributed by atoms with E-state index in [1.165, 1.54) is 78.0 Å². The van der Waals surface area contributed by atoms with Crippen LogP contribution in [0.3, 0.4) is 0 Å². The molecule has 270 valence electrons. The minimum Gasteiger partial charge on any atom is -0.310 e. The number of fused-ring (bicyclic) bond motifs is 6. The highest BCUT2D eigenvalue weighted by Gasteiger charge is 2.37. The van der Waals surface area contributed by atoms with Crippen LogP contribution in [0.4, 0.5) is 17.1 Å². The van der Waals surface area contributed by atoms with Gasteiger partial charge < -0.3 is 4.90 Å². The van der Waals surface area contributed by atoms with Crippen LogP contribution in [-0.2, 0) is 10.8 Å². The summed E-state index contributed by atoms with van der Waals surface area (Å²) in [6.07, 6.45) is 0. The molecule has 8 aromatic carbocycles. The zero-order chi connectivity index (χ0) is 38.0. The molecule has 0 spiro atoms. The standard InChI is InChI=1S/C55H45N/c1-54(2)49-21-13-11-19-45(49)47-33-29-41(35-51(47)54)53(39-15-7-5-8-16-39)40-25-23-37(24-26-40)38-27-30-43(31-28-38)56(42-17-9-6-10-18-42)44-32-34-48-46-20-12-14-22-50(46)55(3,4)52(48)36-44/h5-36,53H,1-4H3. The van der Waals surface area contributed by atoms with Gasteiger partial charge in [0.2, 0.25) is 0 Å². The number of nitrogens with zero attached hydrogens (tertiary/aromatic N) is 1. The van der Waals surface area contributed by atoms with Gasteiger partial charge >= 0.3 is 0 Å². The molecule has 1 heteroatoms. The Morgan fingerprint density at radius 1 is 0.321 bits per heavy atom. The molecule has 0 amide bonds. The molecule has 56 heavy (non-hydrogen) atoms. The quantitative estimate of drug-likeness (QED) is 0.148. The zero-order valence-corrected chi connectivity index (χ0v) is 32.5. The summed E-state index contributed by atoms with van der Waals surface area (Å²) in [5, 5.41) is 0. The van der Waals surface area contributed by atoms with Gasteiger partial charge in [-0.2, -0.15) is 0 Å². The van der Waals surface area contributed by atoms with Gasteiger partial charge in [0, 0.05) is 33.8 Å². The van der Waals surface area contributed by atoms with E-state index in [0.717, 1.165) is 11.4 Å². The van der Waals surface area contributed by atoms with E-state index >= 15 is 0 Å². The maximum atomic E-state index is 2.47. The molecule has 0 fully saturated rings. The second kappa shape index (κ2) is 13.1. The van der Waals surface area contributed by atoms with Crippen molar-refractivity contribution in [2.75, 3.05) is 4.90 Å². The molecule has 0 bridgehead atoms. The van der Waals surface area contributed by atoms with Crippen LogP contribution < -0.4 is 4.90 Å². The first-order valence-corrected chi connectivity index (χ1v) is 19.9. The summed E-state index contributed by atoms with van der Waals surface area (Å²) in [5.41, 5.74) is 20.7. The molecule has 1 nitrogen and oxygen atoms in total. The molecular formula is C55H45N. The summed E-state index contributed by atoms with van der Waals surface area (Å²) < 4.78 is 0. The molecule has 0 N–H and O–H groups in total. The lowest BCUT2D eigenvalue weighted by Gasteiger charge is -2.28. The highest BCUT2D eigenvalue weighted by atomic mass is 15.1. The summed E-state index contributed by atoms with van der Waals surface area (Å²) in [6, 6.07) is 71.9. The van der Waals surface area contributed by atoms with Crippen LogP contribution in [-0.4, -0.2) is 0 Å². The van der Waals surface area contributed by atoms with Crippen molar-refractivity contribution in [3.05, 3.63) is 233 Å². The lowest BCUT2D eigenvalue weighted by atomic mass is 9.79. The van der Waals surface area contributed by atoms with Crippen molar-refractivity contribution < 1.29 is 0 Å². The molecule has 0 aromatic heterocycles. The molecule has 2 aliphatic rings. The minimum absolute atomic E-state index is 0.0434. The first kappa shape index (κ1) is 34.1. The summed E-state index contributed by atoms with van der Waals surface area (Å²) in [7, 11) is 0. The van der Waals surface area contributed by atoms with Gasteiger partial charge in [-0.05, 0) is 109 Å². The van der Waals surface area contributed by atoms with Gasteiger partial charge in [-0.15, -0.1) is 0 Å².